The monoisotopic (exact) mass is 275 g/mol. The predicted molar refractivity (Wildman–Crippen MR) is 74.9 cm³/mol. The van der Waals surface area contributed by atoms with Gasteiger partial charge in [0.2, 0.25) is 0 Å². The van der Waals surface area contributed by atoms with Gasteiger partial charge in [0.1, 0.15) is 0 Å². The molecule has 0 radical (unpaired) electrons. The topological polar surface area (TPSA) is 59.3 Å². The second-order valence-electron chi connectivity index (χ2n) is 4.42. The Bertz CT molecular complexity index is 878. The molecule has 0 saturated heterocycles. The fourth-order valence-corrected chi connectivity index (χ4v) is 3.04. The van der Waals surface area contributed by atoms with Crippen LogP contribution in [-0.4, -0.2) is 17.5 Å². The number of hydrogen-bond acceptors (Lipinski definition) is 2. The van der Waals surface area contributed by atoms with Crippen molar-refractivity contribution >= 4 is 31.9 Å². The smallest absolute Gasteiger partial charge is 0.294 e. The van der Waals surface area contributed by atoms with Crippen LogP contribution in [0.4, 0.5) is 0 Å². The molecule has 4 nitrogen and oxygen atoms in total. The second-order valence-corrected chi connectivity index (χ2v) is 5.84. The normalized spacial score (nSPS) is 12.3. The summed E-state index contributed by atoms with van der Waals surface area (Å²) in [6.45, 7) is 2.85. The van der Waals surface area contributed by atoms with Crippen molar-refractivity contribution in [3.8, 4) is 0 Å². The number of benzene rings is 2. The quantitative estimate of drug-likeness (QED) is 0.731. The van der Waals surface area contributed by atoms with E-state index in [9.17, 15) is 8.42 Å². The molecule has 0 fully saturated rings. The lowest BCUT2D eigenvalue weighted by Gasteiger charge is -2.02. The first kappa shape index (κ1) is 12.2. The zero-order chi connectivity index (χ0) is 13.6. The largest absolute Gasteiger partial charge is 0.341 e. The fraction of sp³-hybridized carbons (Fsp3) is 0.143. The Labute approximate surface area is 111 Å². The van der Waals surface area contributed by atoms with Crippen molar-refractivity contribution in [2.75, 3.05) is 0 Å². The minimum absolute atomic E-state index is 0.0704. The Morgan fingerprint density at radius 3 is 2.42 bits per heavy atom. The van der Waals surface area contributed by atoms with Gasteiger partial charge in [0.25, 0.3) is 10.1 Å². The minimum atomic E-state index is -4.17. The number of para-hydroxylation sites is 1. The van der Waals surface area contributed by atoms with Gasteiger partial charge in [-0.2, -0.15) is 8.42 Å². The van der Waals surface area contributed by atoms with Gasteiger partial charge in [-0.05, 0) is 31.2 Å². The summed E-state index contributed by atoms with van der Waals surface area (Å²) >= 11 is 0. The molecule has 2 aromatic carbocycles. The van der Waals surface area contributed by atoms with E-state index >= 15 is 0 Å². The van der Waals surface area contributed by atoms with Gasteiger partial charge >= 0.3 is 0 Å². The van der Waals surface area contributed by atoms with Crippen molar-refractivity contribution in [2.45, 2.75) is 18.4 Å². The first-order valence-electron chi connectivity index (χ1n) is 6.01. The third kappa shape index (κ3) is 1.82. The molecule has 3 rings (SSSR count). The summed E-state index contributed by atoms with van der Waals surface area (Å²) in [6.07, 6.45) is 0. The van der Waals surface area contributed by atoms with Crippen molar-refractivity contribution < 1.29 is 13.0 Å². The molecule has 19 heavy (non-hydrogen) atoms. The number of hydrogen-bond donors (Lipinski definition) is 1. The van der Waals surface area contributed by atoms with E-state index in [1.807, 2.05) is 31.2 Å². The van der Waals surface area contributed by atoms with Gasteiger partial charge < -0.3 is 4.57 Å². The highest BCUT2D eigenvalue weighted by Gasteiger charge is 2.14. The van der Waals surface area contributed by atoms with Crippen molar-refractivity contribution in [2.24, 2.45) is 0 Å². The lowest BCUT2D eigenvalue weighted by atomic mass is 10.1. The highest BCUT2D eigenvalue weighted by Crippen LogP contribution is 2.30. The van der Waals surface area contributed by atoms with E-state index in [-0.39, 0.29) is 4.90 Å². The molecule has 1 heterocycles. The number of aromatic nitrogens is 1. The highest BCUT2D eigenvalue weighted by molar-refractivity contribution is 7.85. The average molecular weight is 275 g/mol. The molecule has 1 aromatic heterocycles. The SMILES string of the molecule is CCn1c2ccccc2c2cc(S(=O)(=O)O)ccc21. The van der Waals surface area contributed by atoms with Crippen LogP contribution in [0.3, 0.4) is 0 Å². The van der Waals surface area contributed by atoms with Gasteiger partial charge in [-0.1, -0.05) is 18.2 Å². The number of fused-ring (bicyclic) bond motifs is 3. The number of aryl methyl sites for hydroxylation is 1. The molecular formula is C14H13NO3S. The molecule has 0 amide bonds. The molecule has 3 aromatic rings. The molecule has 0 aliphatic heterocycles. The van der Waals surface area contributed by atoms with E-state index in [0.717, 1.165) is 28.4 Å². The van der Waals surface area contributed by atoms with E-state index < -0.39 is 10.1 Å². The Balaban J connectivity index is 2.50. The van der Waals surface area contributed by atoms with E-state index in [1.54, 1.807) is 6.07 Å². The maximum Gasteiger partial charge on any atom is 0.294 e. The van der Waals surface area contributed by atoms with E-state index in [2.05, 4.69) is 4.57 Å². The second kappa shape index (κ2) is 4.08. The first-order chi connectivity index (χ1) is 9.02. The van der Waals surface area contributed by atoms with E-state index in [1.165, 1.54) is 12.1 Å². The summed E-state index contributed by atoms with van der Waals surface area (Å²) in [5.74, 6) is 0. The minimum Gasteiger partial charge on any atom is -0.341 e. The summed E-state index contributed by atoms with van der Waals surface area (Å²) in [5, 5.41) is 1.83. The summed E-state index contributed by atoms with van der Waals surface area (Å²) in [4.78, 5) is -0.0704. The summed E-state index contributed by atoms with van der Waals surface area (Å²) < 4.78 is 33.7. The maximum atomic E-state index is 11.2. The van der Waals surface area contributed by atoms with Gasteiger partial charge in [0, 0.05) is 28.4 Å². The summed E-state index contributed by atoms with van der Waals surface area (Å²) in [6, 6.07) is 12.5. The van der Waals surface area contributed by atoms with E-state index in [0.29, 0.717) is 0 Å². The van der Waals surface area contributed by atoms with Crippen LogP contribution in [0.2, 0.25) is 0 Å². The number of nitrogens with zero attached hydrogens (tertiary/aromatic N) is 1. The zero-order valence-electron chi connectivity index (χ0n) is 10.4. The molecule has 0 unspecified atom stereocenters. The van der Waals surface area contributed by atoms with Crippen LogP contribution in [0.1, 0.15) is 6.92 Å². The van der Waals surface area contributed by atoms with Gasteiger partial charge in [0.15, 0.2) is 0 Å². The average Bonchev–Trinajstić information content (AvgIpc) is 2.70. The summed E-state index contributed by atoms with van der Waals surface area (Å²) in [5.41, 5.74) is 2.03. The molecule has 0 saturated carbocycles. The number of rotatable bonds is 2. The van der Waals surface area contributed by atoms with Gasteiger partial charge in [-0.15, -0.1) is 0 Å². The molecule has 1 N–H and O–H groups in total. The molecule has 98 valence electrons. The lowest BCUT2D eigenvalue weighted by Crippen LogP contribution is -1.98. The van der Waals surface area contributed by atoms with Gasteiger partial charge in [-0.25, -0.2) is 0 Å². The Hall–Kier alpha value is -1.85. The highest BCUT2D eigenvalue weighted by atomic mass is 32.2. The molecule has 0 spiro atoms. The van der Waals surface area contributed by atoms with Crippen LogP contribution in [0, 0.1) is 0 Å². The zero-order valence-corrected chi connectivity index (χ0v) is 11.2. The van der Waals surface area contributed by atoms with Crippen LogP contribution in [0.25, 0.3) is 21.8 Å². The lowest BCUT2D eigenvalue weighted by molar-refractivity contribution is 0.483. The van der Waals surface area contributed by atoms with Crippen LogP contribution in [0.5, 0.6) is 0 Å². The molecule has 0 aliphatic rings. The molecule has 5 heteroatoms. The van der Waals surface area contributed by atoms with Crippen LogP contribution < -0.4 is 0 Å². The van der Waals surface area contributed by atoms with Crippen molar-refractivity contribution in [1.82, 2.24) is 4.57 Å². The predicted octanol–water partition coefficient (Wildman–Crippen LogP) is 3.06. The third-order valence-corrected chi connectivity index (χ3v) is 4.21. The van der Waals surface area contributed by atoms with Crippen molar-refractivity contribution in [1.29, 1.82) is 0 Å². The fourth-order valence-electron chi connectivity index (χ4n) is 2.53. The maximum absolute atomic E-state index is 11.2. The molecule has 0 bridgehead atoms. The van der Waals surface area contributed by atoms with Crippen LogP contribution >= 0.6 is 0 Å². The summed E-state index contributed by atoms with van der Waals surface area (Å²) in [7, 11) is -4.17. The van der Waals surface area contributed by atoms with Crippen molar-refractivity contribution in [3.05, 3.63) is 42.5 Å². The van der Waals surface area contributed by atoms with Gasteiger partial charge in [0.05, 0.1) is 4.90 Å². The molecule has 0 aliphatic carbocycles. The molecular weight excluding hydrogens is 262 g/mol. The first-order valence-corrected chi connectivity index (χ1v) is 7.45. The third-order valence-electron chi connectivity index (χ3n) is 3.36. The molecule has 0 atom stereocenters. The van der Waals surface area contributed by atoms with Crippen molar-refractivity contribution in [3.63, 3.8) is 0 Å². The van der Waals surface area contributed by atoms with Gasteiger partial charge in [-0.3, -0.25) is 4.55 Å². The standard InChI is InChI=1S/C14H13NO3S/c1-2-15-13-6-4-3-5-11(13)12-9-10(19(16,17)18)7-8-14(12)15/h3-9H,2H2,1H3,(H,16,17,18). The Morgan fingerprint density at radius 2 is 1.74 bits per heavy atom. The van der Waals surface area contributed by atoms with Crippen LogP contribution in [-0.2, 0) is 16.7 Å². The van der Waals surface area contributed by atoms with E-state index in [4.69, 9.17) is 4.55 Å². The Kier molecular flexibility index (Phi) is 2.62. The Morgan fingerprint density at radius 1 is 1.05 bits per heavy atom. The van der Waals surface area contributed by atoms with Crippen LogP contribution in [0.15, 0.2) is 47.4 Å².